The molecule has 2 aromatic carbocycles. The van der Waals surface area contributed by atoms with Crippen molar-refractivity contribution in [3.05, 3.63) is 98.5 Å². The molecule has 4 rings (SSSR count). The molecule has 4 aromatic rings. The number of aromatic nitrogens is 2. The molecule has 0 aliphatic rings. The highest BCUT2D eigenvalue weighted by Crippen LogP contribution is 2.32. The highest BCUT2D eigenvalue weighted by Gasteiger charge is 2.16. The van der Waals surface area contributed by atoms with Gasteiger partial charge in [0.15, 0.2) is 11.6 Å². The second kappa shape index (κ2) is 10.6. The molecule has 0 fully saturated rings. The molecule has 1 amide bonds. The van der Waals surface area contributed by atoms with Crippen LogP contribution in [0.5, 0.6) is 5.75 Å². The Balaban J connectivity index is 1.41. The Morgan fingerprint density at radius 1 is 1.09 bits per heavy atom. The van der Waals surface area contributed by atoms with E-state index < -0.39 is 0 Å². The quantitative estimate of drug-likeness (QED) is 0.267. The van der Waals surface area contributed by atoms with Crippen LogP contribution in [0.2, 0.25) is 10.0 Å². The lowest BCUT2D eigenvalue weighted by atomic mass is 10.0. The van der Waals surface area contributed by atoms with Crippen LogP contribution in [0, 0.1) is 13.8 Å². The van der Waals surface area contributed by atoms with E-state index in [1.807, 2.05) is 50.2 Å². The molecule has 0 bridgehead atoms. The zero-order valence-corrected chi connectivity index (χ0v) is 21.6. The monoisotopic (exact) mass is 511 g/mol. The van der Waals surface area contributed by atoms with Crippen LogP contribution in [-0.2, 0) is 13.2 Å². The standard InChI is InChI=1S/C27H27Cl2N3O3/c1-16(2)21-13-23(29)17(3)11-25(21)34-15-20-9-10-24(35-20)27(33)30-26-12-18(4)32(31-26)14-19-7-5-6-8-22(19)28/h5-13,16H,14-15H2,1-4H3,(H,30,31,33). The van der Waals surface area contributed by atoms with E-state index in [0.717, 1.165) is 28.1 Å². The van der Waals surface area contributed by atoms with Gasteiger partial charge in [0.1, 0.15) is 18.1 Å². The second-order valence-electron chi connectivity index (χ2n) is 8.72. The molecule has 2 heterocycles. The van der Waals surface area contributed by atoms with Crippen molar-refractivity contribution in [2.24, 2.45) is 0 Å². The zero-order chi connectivity index (χ0) is 25.1. The SMILES string of the molecule is Cc1cc(OCc2ccc(C(=O)Nc3cc(C)n(Cc4ccccc4Cl)n3)o2)c(C(C)C)cc1Cl. The molecule has 2 aromatic heterocycles. The fourth-order valence-electron chi connectivity index (χ4n) is 3.67. The number of anilines is 1. The highest BCUT2D eigenvalue weighted by molar-refractivity contribution is 6.31. The van der Waals surface area contributed by atoms with Gasteiger partial charge in [-0.2, -0.15) is 5.10 Å². The molecule has 0 aliphatic heterocycles. The van der Waals surface area contributed by atoms with E-state index in [4.69, 9.17) is 32.4 Å². The Morgan fingerprint density at radius 3 is 2.60 bits per heavy atom. The zero-order valence-electron chi connectivity index (χ0n) is 20.1. The van der Waals surface area contributed by atoms with Gasteiger partial charge in [-0.3, -0.25) is 9.48 Å². The molecule has 0 spiro atoms. The number of rotatable bonds is 8. The molecule has 0 saturated heterocycles. The first-order valence-electron chi connectivity index (χ1n) is 11.3. The summed E-state index contributed by atoms with van der Waals surface area (Å²) in [5.41, 5.74) is 3.81. The first-order valence-corrected chi connectivity index (χ1v) is 12.1. The van der Waals surface area contributed by atoms with Gasteiger partial charge >= 0.3 is 0 Å². The second-order valence-corrected chi connectivity index (χ2v) is 9.54. The van der Waals surface area contributed by atoms with Crippen molar-refractivity contribution in [1.82, 2.24) is 9.78 Å². The van der Waals surface area contributed by atoms with Gasteiger partial charge in [-0.05, 0) is 66.8 Å². The molecular formula is C27H27Cl2N3O3. The Kier molecular flexibility index (Phi) is 7.53. The molecule has 0 aliphatic carbocycles. The van der Waals surface area contributed by atoms with Crippen LogP contribution in [0.15, 0.2) is 59.0 Å². The first kappa shape index (κ1) is 24.9. The maximum atomic E-state index is 12.7. The third-order valence-corrected chi connectivity index (χ3v) is 6.45. The van der Waals surface area contributed by atoms with E-state index >= 15 is 0 Å². The average Bonchev–Trinajstić information content (AvgIpc) is 3.42. The lowest BCUT2D eigenvalue weighted by Crippen LogP contribution is -2.12. The number of furan rings is 1. The Bertz CT molecular complexity index is 1360. The highest BCUT2D eigenvalue weighted by atomic mass is 35.5. The lowest BCUT2D eigenvalue weighted by Gasteiger charge is -2.15. The maximum absolute atomic E-state index is 12.7. The number of aryl methyl sites for hydroxylation is 2. The van der Waals surface area contributed by atoms with E-state index in [1.54, 1.807) is 22.9 Å². The van der Waals surface area contributed by atoms with E-state index in [-0.39, 0.29) is 24.2 Å². The van der Waals surface area contributed by atoms with Crippen molar-refractivity contribution in [1.29, 1.82) is 0 Å². The van der Waals surface area contributed by atoms with Crippen molar-refractivity contribution >= 4 is 34.9 Å². The van der Waals surface area contributed by atoms with Gasteiger partial charge in [0, 0.05) is 21.8 Å². The number of hydrogen-bond donors (Lipinski definition) is 1. The first-order chi connectivity index (χ1) is 16.7. The summed E-state index contributed by atoms with van der Waals surface area (Å²) in [4.78, 5) is 12.7. The number of hydrogen-bond acceptors (Lipinski definition) is 4. The number of carbonyl (C=O) groups excluding carboxylic acids is 1. The summed E-state index contributed by atoms with van der Waals surface area (Å²) < 4.78 is 13.5. The van der Waals surface area contributed by atoms with Crippen LogP contribution in [0.4, 0.5) is 5.82 Å². The smallest absolute Gasteiger partial charge is 0.292 e. The van der Waals surface area contributed by atoms with Gasteiger partial charge in [-0.25, -0.2) is 0 Å². The molecule has 8 heteroatoms. The third kappa shape index (κ3) is 5.89. The normalized spacial score (nSPS) is 11.2. The Labute approximate surface area is 214 Å². The average molecular weight is 512 g/mol. The van der Waals surface area contributed by atoms with Gasteiger partial charge in [-0.1, -0.05) is 55.2 Å². The van der Waals surface area contributed by atoms with Crippen LogP contribution in [-0.4, -0.2) is 15.7 Å². The van der Waals surface area contributed by atoms with Gasteiger partial charge in [0.25, 0.3) is 5.91 Å². The van der Waals surface area contributed by atoms with Gasteiger partial charge < -0.3 is 14.5 Å². The fraction of sp³-hybridized carbons (Fsp3) is 0.259. The largest absolute Gasteiger partial charge is 0.485 e. The molecular weight excluding hydrogens is 485 g/mol. The number of carbonyl (C=O) groups is 1. The molecule has 0 atom stereocenters. The molecule has 0 unspecified atom stereocenters. The molecule has 182 valence electrons. The van der Waals surface area contributed by atoms with Crippen molar-refractivity contribution in [2.45, 2.75) is 46.8 Å². The van der Waals surface area contributed by atoms with Crippen LogP contribution < -0.4 is 10.1 Å². The summed E-state index contributed by atoms with van der Waals surface area (Å²) in [5.74, 6) is 1.78. The molecule has 6 nitrogen and oxygen atoms in total. The van der Waals surface area contributed by atoms with Crippen molar-refractivity contribution in [3.8, 4) is 5.75 Å². The fourth-order valence-corrected chi connectivity index (χ4v) is 4.04. The van der Waals surface area contributed by atoms with Crippen molar-refractivity contribution in [3.63, 3.8) is 0 Å². The lowest BCUT2D eigenvalue weighted by molar-refractivity contribution is 0.0992. The minimum atomic E-state index is -0.385. The predicted octanol–water partition coefficient (Wildman–Crippen LogP) is 7.40. The summed E-state index contributed by atoms with van der Waals surface area (Å²) in [7, 11) is 0. The minimum Gasteiger partial charge on any atom is -0.485 e. The summed E-state index contributed by atoms with van der Waals surface area (Å²) in [5, 5.41) is 8.66. The van der Waals surface area contributed by atoms with Gasteiger partial charge in [0.05, 0.1) is 6.54 Å². The van der Waals surface area contributed by atoms with Crippen molar-refractivity contribution in [2.75, 3.05) is 5.32 Å². The Hall–Kier alpha value is -3.22. The molecule has 0 radical (unpaired) electrons. The molecule has 35 heavy (non-hydrogen) atoms. The van der Waals surface area contributed by atoms with Gasteiger partial charge in [0.2, 0.25) is 0 Å². The van der Waals surface area contributed by atoms with Crippen molar-refractivity contribution < 1.29 is 13.9 Å². The molecule has 1 N–H and O–H groups in total. The Morgan fingerprint density at radius 2 is 1.86 bits per heavy atom. The number of amides is 1. The summed E-state index contributed by atoms with van der Waals surface area (Å²) in [6.45, 7) is 8.73. The van der Waals surface area contributed by atoms with Crippen LogP contribution in [0.25, 0.3) is 0 Å². The number of benzene rings is 2. The third-order valence-electron chi connectivity index (χ3n) is 5.67. The van der Waals surface area contributed by atoms with Crippen LogP contribution in [0.1, 0.15) is 58.5 Å². The number of nitrogens with one attached hydrogen (secondary N) is 1. The minimum absolute atomic E-state index is 0.179. The summed E-state index contributed by atoms with van der Waals surface area (Å²) >= 11 is 12.5. The van der Waals surface area contributed by atoms with E-state index in [2.05, 4.69) is 24.3 Å². The van der Waals surface area contributed by atoms with Crippen LogP contribution >= 0.6 is 23.2 Å². The summed E-state index contributed by atoms with van der Waals surface area (Å²) in [6, 6.07) is 16.6. The number of nitrogens with zero attached hydrogens (tertiary/aromatic N) is 2. The van der Waals surface area contributed by atoms with E-state index in [9.17, 15) is 4.79 Å². The maximum Gasteiger partial charge on any atom is 0.292 e. The topological polar surface area (TPSA) is 69.3 Å². The number of halogens is 2. The van der Waals surface area contributed by atoms with E-state index in [1.165, 1.54) is 0 Å². The molecule has 0 saturated carbocycles. The van der Waals surface area contributed by atoms with Gasteiger partial charge in [-0.15, -0.1) is 0 Å². The summed E-state index contributed by atoms with van der Waals surface area (Å²) in [6.07, 6.45) is 0. The number of ether oxygens (including phenoxy) is 1. The van der Waals surface area contributed by atoms with Crippen LogP contribution in [0.3, 0.4) is 0 Å². The predicted molar refractivity (Wildman–Crippen MR) is 139 cm³/mol. The van der Waals surface area contributed by atoms with E-state index in [0.29, 0.717) is 28.2 Å².